The summed E-state index contributed by atoms with van der Waals surface area (Å²) in [5.41, 5.74) is 5.13. The number of unbranched alkanes of at least 4 members (excludes halogenated alkanes) is 1. The Labute approximate surface area is 281 Å². The van der Waals surface area contributed by atoms with Crippen LogP contribution in [0.4, 0.5) is 10.1 Å². The number of benzene rings is 2. The Bertz CT molecular complexity index is 1230. The number of esters is 1. The summed E-state index contributed by atoms with van der Waals surface area (Å²) in [6.45, 7) is 22.4. The van der Waals surface area contributed by atoms with Gasteiger partial charge in [-0.05, 0) is 67.7 Å². The van der Waals surface area contributed by atoms with E-state index in [1.807, 2.05) is 58.9 Å². The number of ether oxygens (including phenoxy) is 1. The number of aliphatic hydroxyl groups is 1. The lowest BCUT2D eigenvalue weighted by Gasteiger charge is -2.24. The lowest BCUT2D eigenvalue weighted by Crippen LogP contribution is -2.22. The quantitative estimate of drug-likeness (QED) is 0.232. The molecule has 2 aromatic rings. The number of aliphatic hydroxyl groups excluding tert-OH is 1. The van der Waals surface area contributed by atoms with Gasteiger partial charge in [0.25, 0.3) is 0 Å². The molecule has 0 fully saturated rings. The van der Waals surface area contributed by atoms with Crippen LogP contribution in [-0.4, -0.2) is 31.3 Å². The Hall–Kier alpha value is -3.62. The number of hydrogen-bond acceptors (Lipinski definition) is 4. The largest absolute Gasteiger partial charge is 0.465 e. The maximum Gasteiger partial charge on any atom is 0.340 e. The van der Waals surface area contributed by atoms with Crippen molar-refractivity contribution >= 4 is 11.7 Å². The smallest absolute Gasteiger partial charge is 0.340 e. The predicted octanol–water partition coefficient (Wildman–Crippen LogP) is 11.1. The van der Waals surface area contributed by atoms with Crippen LogP contribution in [0, 0.1) is 23.6 Å². The maximum atomic E-state index is 14.0. The zero-order chi connectivity index (χ0) is 35.3. The number of hydrogen-bond donors (Lipinski definition) is 1. The molecule has 256 valence electrons. The van der Waals surface area contributed by atoms with E-state index in [9.17, 15) is 9.18 Å². The highest BCUT2D eigenvalue weighted by Gasteiger charge is 2.15. The Balaban J connectivity index is 0. The highest BCUT2D eigenvalue weighted by molar-refractivity contribution is 5.90. The number of allylic oxidation sites excluding steroid dienone is 6. The fourth-order valence-electron chi connectivity index (χ4n) is 3.45. The first-order chi connectivity index (χ1) is 22.1. The summed E-state index contributed by atoms with van der Waals surface area (Å²) in [7, 11) is 1.25. The van der Waals surface area contributed by atoms with Crippen molar-refractivity contribution in [2.75, 3.05) is 25.2 Å². The van der Waals surface area contributed by atoms with Gasteiger partial charge in [-0.3, -0.25) is 0 Å². The molecule has 0 saturated carbocycles. The zero-order valence-electron chi connectivity index (χ0n) is 30.7. The minimum Gasteiger partial charge on any atom is -0.465 e. The summed E-state index contributed by atoms with van der Waals surface area (Å²) >= 11 is 0. The van der Waals surface area contributed by atoms with Crippen molar-refractivity contribution < 1.29 is 19.0 Å². The Kier molecular flexibility index (Phi) is 27.9. The van der Waals surface area contributed by atoms with E-state index in [4.69, 9.17) is 5.11 Å². The van der Waals surface area contributed by atoms with Crippen molar-refractivity contribution in [2.24, 2.45) is 5.92 Å². The molecule has 0 amide bonds. The first kappa shape index (κ1) is 44.5. The Morgan fingerprint density at radius 2 is 1.52 bits per heavy atom. The van der Waals surface area contributed by atoms with Crippen molar-refractivity contribution in [1.29, 1.82) is 0 Å². The van der Waals surface area contributed by atoms with Crippen LogP contribution in [0.25, 0.3) is 0 Å². The number of rotatable bonds is 8. The lowest BCUT2D eigenvalue weighted by atomic mass is 10.1. The van der Waals surface area contributed by atoms with Crippen molar-refractivity contribution in [3.05, 3.63) is 100 Å². The molecule has 0 aromatic heterocycles. The number of halogens is 1. The molecule has 5 heteroatoms. The SMILES string of the molecule is CC.CC(C)CO.CCC.CCC1=CCC=C(C#Cc2ccc(CN(CC)c3ccc(F)c(C(=O)OC)c3)cc2)C=C1.CCCC. The van der Waals surface area contributed by atoms with E-state index in [0.29, 0.717) is 25.6 Å². The van der Waals surface area contributed by atoms with Crippen molar-refractivity contribution in [3.8, 4) is 11.8 Å². The minimum absolute atomic E-state index is 0.0582. The molecule has 0 unspecified atom stereocenters. The van der Waals surface area contributed by atoms with Gasteiger partial charge in [0.05, 0.1) is 12.7 Å². The third-order valence-corrected chi connectivity index (χ3v) is 6.25. The summed E-state index contributed by atoms with van der Waals surface area (Å²) in [4.78, 5) is 13.9. The van der Waals surface area contributed by atoms with Crippen LogP contribution in [-0.2, 0) is 11.3 Å². The van der Waals surface area contributed by atoms with Gasteiger partial charge < -0.3 is 14.7 Å². The number of nitrogens with zero attached hydrogens (tertiary/aromatic N) is 1. The molecular weight excluding hydrogens is 573 g/mol. The van der Waals surface area contributed by atoms with Gasteiger partial charge in [-0.2, -0.15) is 0 Å². The van der Waals surface area contributed by atoms with Gasteiger partial charge in [-0.1, -0.05) is 129 Å². The van der Waals surface area contributed by atoms with E-state index in [-0.39, 0.29) is 5.56 Å². The molecule has 0 aliphatic heterocycles. The normalized spacial score (nSPS) is 11.1. The first-order valence-electron chi connectivity index (χ1n) is 17.1. The Morgan fingerprint density at radius 3 is 2.00 bits per heavy atom. The van der Waals surface area contributed by atoms with E-state index in [1.165, 1.54) is 44.1 Å². The molecule has 0 atom stereocenters. The number of methoxy groups -OCH3 is 1. The fraction of sp³-hybridized carbons (Fsp3) is 0.488. The van der Waals surface area contributed by atoms with Gasteiger partial charge in [0.2, 0.25) is 0 Å². The summed E-state index contributed by atoms with van der Waals surface area (Å²) in [5.74, 6) is 5.66. The summed E-state index contributed by atoms with van der Waals surface area (Å²) in [6.07, 6.45) is 14.4. The van der Waals surface area contributed by atoms with Crippen molar-refractivity contribution in [1.82, 2.24) is 0 Å². The van der Waals surface area contributed by atoms with E-state index >= 15 is 0 Å². The Morgan fingerprint density at radius 1 is 0.935 bits per heavy atom. The molecule has 46 heavy (non-hydrogen) atoms. The van der Waals surface area contributed by atoms with E-state index in [0.717, 1.165) is 35.2 Å². The van der Waals surface area contributed by atoms with Gasteiger partial charge in [0.15, 0.2) is 0 Å². The number of carbonyl (C=O) groups excluding carboxylic acids is 1. The lowest BCUT2D eigenvalue weighted by molar-refractivity contribution is 0.0595. The molecule has 2 aromatic carbocycles. The van der Waals surface area contributed by atoms with Crippen LogP contribution in [0.1, 0.15) is 123 Å². The molecule has 1 N–H and O–H groups in total. The third-order valence-electron chi connectivity index (χ3n) is 6.25. The van der Waals surface area contributed by atoms with Gasteiger partial charge >= 0.3 is 5.97 Å². The standard InChI is InChI=1S/C28H28FNO2.C4H10O.C4H10.C3H8.C2H6/c1-4-21-7-6-8-22(10-9-21)11-12-23-13-15-24(16-14-23)20-30(5-2)25-17-18-27(29)26(19-25)28(31)32-3;1-4(2)3-5;1-3-4-2;1-3-2;1-2/h7-10,13-19H,4-6,20H2,1-3H3;4-5H,3H2,1-2H3;3-4H2,1-2H3;3H2,1-2H3;1-2H3. The molecule has 0 heterocycles. The average molecular weight is 636 g/mol. The molecule has 4 nitrogen and oxygen atoms in total. The number of anilines is 1. The second-order valence-corrected chi connectivity index (χ2v) is 10.8. The van der Waals surface area contributed by atoms with Gasteiger partial charge in [0, 0.05) is 36.5 Å². The summed E-state index contributed by atoms with van der Waals surface area (Å²) in [6, 6.07) is 12.6. The van der Waals surface area contributed by atoms with Crippen LogP contribution in [0.5, 0.6) is 0 Å². The van der Waals surface area contributed by atoms with E-state index in [1.54, 1.807) is 6.07 Å². The second kappa shape index (κ2) is 28.8. The fourth-order valence-corrected chi connectivity index (χ4v) is 3.45. The van der Waals surface area contributed by atoms with Gasteiger partial charge in [-0.15, -0.1) is 0 Å². The molecule has 0 bridgehead atoms. The topological polar surface area (TPSA) is 49.8 Å². The third kappa shape index (κ3) is 19.7. The van der Waals surface area contributed by atoms with Crippen LogP contribution < -0.4 is 4.90 Å². The van der Waals surface area contributed by atoms with Gasteiger partial charge in [0.1, 0.15) is 5.82 Å². The zero-order valence-corrected chi connectivity index (χ0v) is 30.7. The molecule has 3 rings (SSSR count). The van der Waals surface area contributed by atoms with Crippen LogP contribution in [0.2, 0.25) is 0 Å². The predicted molar refractivity (Wildman–Crippen MR) is 198 cm³/mol. The molecule has 1 aliphatic rings. The van der Waals surface area contributed by atoms with Gasteiger partial charge in [-0.25, -0.2) is 9.18 Å². The van der Waals surface area contributed by atoms with Crippen molar-refractivity contribution in [3.63, 3.8) is 0 Å². The summed E-state index contributed by atoms with van der Waals surface area (Å²) in [5, 5.41) is 8.14. The monoisotopic (exact) mass is 635 g/mol. The number of carbonyl (C=O) groups is 1. The van der Waals surface area contributed by atoms with E-state index < -0.39 is 11.8 Å². The van der Waals surface area contributed by atoms with Crippen LogP contribution in [0.3, 0.4) is 0 Å². The van der Waals surface area contributed by atoms with Crippen molar-refractivity contribution in [2.45, 2.75) is 108 Å². The first-order valence-corrected chi connectivity index (χ1v) is 17.1. The van der Waals surface area contributed by atoms with Crippen LogP contribution >= 0.6 is 0 Å². The second-order valence-electron chi connectivity index (χ2n) is 10.8. The summed E-state index contributed by atoms with van der Waals surface area (Å²) < 4.78 is 18.6. The minimum atomic E-state index is -0.677. The van der Waals surface area contributed by atoms with Crippen LogP contribution in [0.15, 0.2) is 77.9 Å². The maximum absolute atomic E-state index is 14.0. The van der Waals surface area contributed by atoms with E-state index in [2.05, 4.69) is 80.4 Å². The average Bonchev–Trinajstić information content (AvgIpc) is 3.33. The molecule has 0 spiro atoms. The molecule has 0 radical (unpaired) electrons. The highest BCUT2D eigenvalue weighted by Crippen LogP contribution is 2.22. The molecule has 0 saturated heterocycles. The highest BCUT2D eigenvalue weighted by atomic mass is 19.1. The molecular formula is C41H62FNO3. The molecule has 1 aliphatic carbocycles.